The second-order valence-corrected chi connectivity index (χ2v) is 6.32. The third-order valence-corrected chi connectivity index (χ3v) is 4.54. The van der Waals surface area contributed by atoms with Crippen LogP contribution in [0.25, 0.3) is 0 Å². The molecule has 0 atom stereocenters. The van der Waals surface area contributed by atoms with Crippen LogP contribution >= 0.6 is 11.8 Å². The van der Waals surface area contributed by atoms with E-state index in [1.165, 1.54) is 23.9 Å². The summed E-state index contributed by atoms with van der Waals surface area (Å²) >= 11 is 1.22. The van der Waals surface area contributed by atoms with E-state index in [0.29, 0.717) is 11.0 Å². The standard InChI is InChI=1S/C18H17FN4O2S/c1-23-16(11-25-13-7-3-2-4-8-13)21-22-18(23)26-12-17(24)20-15-10-6-5-9-14(15)19/h2-10H,11-12H2,1H3,(H,20,24). The minimum Gasteiger partial charge on any atom is -0.486 e. The molecule has 0 saturated heterocycles. The average Bonchev–Trinajstić information content (AvgIpc) is 3.01. The minimum atomic E-state index is -0.468. The predicted octanol–water partition coefficient (Wildman–Crippen LogP) is 3.26. The number of anilines is 1. The summed E-state index contributed by atoms with van der Waals surface area (Å²) in [5.74, 6) is 0.703. The van der Waals surface area contributed by atoms with Crippen LogP contribution in [0.4, 0.5) is 10.1 Å². The van der Waals surface area contributed by atoms with Crippen LogP contribution < -0.4 is 10.1 Å². The maximum atomic E-state index is 13.5. The number of amides is 1. The van der Waals surface area contributed by atoms with Crippen molar-refractivity contribution < 1.29 is 13.9 Å². The molecule has 0 saturated carbocycles. The van der Waals surface area contributed by atoms with Gasteiger partial charge in [-0.25, -0.2) is 4.39 Å². The van der Waals surface area contributed by atoms with Crippen molar-refractivity contribution >= 4 is 23.4 Å². The molecule has 0 fully saturated rings. The summed E-state index contributed by atoms with van der Waals surface area (Å²) in [5, 5.41) is 11.3. The number of benzene rings is 2. The number of nitrogens with one attached hydrogen (secondary N) is 1. The van der Waals surface area contributed by atoms with Crippen LogP contribution in [-0.2, 0) is 18.4 Å². The molecule has 0 unspecified atom stereocenters. The summed E-state index contributed by atoms with van der Waals surface area (Å²) in [6.07, 6.45) is 0. The summed E-state index contributed by atoms with van der Waals surface area (Å²) in [4.78, 5) is 12.0. The molecule has 1 aromatic heterocycles. The smallest absolute Gasteiger partial charge is 0.234 e. The largest absolute Gasteiger partial charge is 0.486 e. The number of carbonyl (C=O) groups is 1. The third kappa shape index (κ3) is 4.60. The monoisotopic (exact) mass is 372 g/mol. The van der Waals surface area contributed by atoms with E-state index in [-0.39, 0.29) is 24.0 Å². The molecule has 0 aliphatic carbocycles. The van der Waals surface area contributed by atoms with E-state index in [1.54, 1.807) is 23.7 Å². The Balaban J connectivity index is 1.53. The van der Waals surface area contributed by atoms with Gasteiger partial charge in [0.1, 0.15) is 18.2 Å². The zero-order valence-electron chi connectivity index (χ0n) is 14.1. The molecule has 0 spiro atoms. The highest BCUT2D eigenvalue weighted by Crippen LogP contribution is 2.18. The lowest BCUT2D eigenvalue weighted by Crippen LogP contribution is -2.15. The normalized spacial score (nSPS) is 10.5. The average molecular weight is 372 g/mol. The number of hydrogen-bond acceptors (Lipinski definition) is 5. The molecule has 3 aromatic rings. The van der Waals surface area contributed by atoms with Crippen LogP contribution in [0.15, 0.2) is 59.8 Å². The fourth-order valence-electron chi connectivity index (χ4n) is 2.14. The van der Waals surface area contributed by atoms with Gasteiger partial charge in [0.05, 0.1) is 11.4 Å². The maximum absolute atomic E-state index is 13.5. The van der Waals surface area contributed by atoms with E-state index in [0.717, 1.165) is 5.75 Å². The lowest BCUT2D eigenvalue weighted by atomic mass is 10.3. The Labute approximate surface area is 154 Å². The number of ether oxygens (including phenoxy) is 1. The lowest BCUT2D eigenvalue weighted by Gasteiger charge is -2.07. The number of nitrogens with zero attached hydrogens (tertiary/aromatic N) is 3. The molecular weight excluding hydrogens is 355 g/mol. The van der Waals surface area contributed by atoms with Crippen molar-refractivity contribution in [1.29, 1.82) is 0 Å². The first kappa shape index (κ1) is 17.9. The summed E-state index contributed by atoms with van der Waals surface area (Å²) in [5.41, 5.74) is 0.160. The Morgan fingerprint density at radius 3 is 2.65 bits per heavy atom. The number of para-hydroxylation sites is 2. The van der Waals surface area contributed by atoms with Gasteiger partial charge in [-0.1, -0.05) is 42.1 Å². The Morgan fingerprint density at radius 1 is 1.15 bits per heavy atom. The van der Waals surface area contributed by atoms with Gasteiger partial charge in [-0.2, -0.15) is 0 Å². The van der Waals surface area contributed by atoms with Crippen LogP contribution in [0.5, 0.6) is 5.75 Å². The Kier molecular flexibility index (Phi) is 5.85. The summed E-state index contributed by atoms with van der Waals surface area (Å²) < 4.78 is 21.0. The number of halogens is 1. The van der Waals surface area contributed by atoms with Crippen molar-refractivity contribution in [3.05, 3.63) is 66.2 Å². The molecular formula is C18H17FN4O2S. The molecule has 134 valence electrons. The quantitative estimate of drug-likeness (QED) is 0.645. The number of carbonyl (C=O) groups excluding carboxylic acids is 1. The molecule has 26 heavy (non-hydrogen) atoms. The highest BCUT2D eigenvalue weighted by Gasteiger charge is 2.13. The van der Waals surface area contributed by atoms with Crippen molar-refractivity contribution in [2.24, 2.45) is 7.05 Å². The van der Waals surface area contributed by atoms with Gasteiger partial charge in [-0.15, -0.1) is 10.2 Å². The molecule has 0 bridgehead atoms. The van der Waals surface area contributed by atoms with Crippen molar-refractivity contribution in [1.82, 2.24) is 14.8 Å². The van der Waals surface area contributed by atoms with Gasteiger partial charge >= 0.3 is 0 Å². The molecule has 1 heterocycles. The SMILES string of the molecule is Cn1c(COc2ccccc2)nnc1SCC(=O)Nc1ccccc1F. The van der Waals surface area contributed by atoms with Crippen LogP contribution in [0, 0.1) is 5.82 Å². The van der Waals surface area contributed by atoms with Crippen molar-refractivity contribution in [2.75, 3.05) is 11.1 Å². The molecule has 0 radical (unpaired) electrons. The number of hydrogen-bond donors (Lipinski definition) is 1. The summed E-state index contributed by atoms with van der Waals surface area (Å²) in [7, 11) is 1.81. The molecule has 1 N–H and O–H groups in total. The first-order valence-corrected chi connectivity index (χ1v) is 8.85. The first-order valence-electron chi connectivity index (χ1n) is 7.87. The van der Waals surface area contributed by atoms with Gasteiger partial charge in [-0.05, 0) is 24.3 Å². The van der Waals surface area contributed by atoms with Gasteiger partial charge in [0.15, 0.2) is 11.0 Å². The Bertz CT molecular complexity index is 886. The molecule has 3 rings (SSSR count). The molecule has 8 heteroatoms. The zero-order chi connectivity index (χ0) is 18.4. The van der Waals surface area contributed by atoms with Crippen LogP contribution in [0.1, 0.15) is 5.82 Å². The molecule has 6 nitrogen and oxygen atoms in total. The van der Waals surface area contributed by atoms with E-state index in [1.807, 2.05) is 30.3 Å². The minimum absolute atomic E-state index is 0.0971. The fourth-order valence-corrected chi connectivity index (χ4v) is 2.87. The molecule has 0 aliphatic rings. The highest BCUT2D eigenvalue weighted by molar-refractivity contribution is 7.99. The molecule has 0 aliphatic heterocycles. The zero-order valence-corrected chi connectivity index (χ0v) is 14.9. The van der Waals surface area contributed by atoms with Crippen LogP contribution in [-0.4, -0.2) is 26.4 Å². The van der Waals surface area contributed by atoms with E-state index in [2.05, 4.69) is 15.5 Å². The number of rotatable bonds is 7. The van der Waals surface area contributed by atoms with E-state index < -0.39 is 5.82 Å². The van der Waals surface area contributed by atoms with Crippen molar-refractivity contribution in [3.63, 3.8) is 0 Å². The van der Waals surface area contributed by atoms with Crippen LogP contribution in [0.3, 0.4) is 0 Å². The van der Waals surface area contributed by atoms with Crippen LogP contribution in [0.2, 0.25) is 0 Å². The van der Waals surface area contributed by atoms with Gasteiger partial charge in [0.25, 0.3) is 0 Å². The van der Waals surface area contributed by atoms with Gasteiger partial charge < -0.3 is 14.6 Å². The number of thioether (sulfide) groups is 1. The Morgan fingerprint density at radius 2 is 1.88 bits per heavy atom. The van der Waals surface area contributed by atoms with Crippen molar-refractivity contribution in [2.45, 2.75) is 11.8 Å². The predicted molar refractivity (Wildman–Crippen MR) is 97.5 cm³/mol. The maximum Gasteiger partial charge on any atom is 0.234 e. The van der Waals surface area contributed by atoms with E-state index in [9.17, 15) is 9.18 Å². The fraction of sp³-hybridized carbons (Fsp3) is 0.167. The molecule has 1 amide bonds. The van der Waals surface area contributed by atoms with Gasteiger partial charge in [0, 0.05) is 7.05 Å². The topological polar surface area (TPSA) is 69.0 Å². The van der Waals surface area contributed by atoms with Crippen molar-refractivity contribution in [3.8, 4) is 5.75 Å². The molecule has 2 aromatic carbocycles. The third-order valence-electron chi connectivity index (χ3n) is 3.52. The number of aromatic nitrogens is 3. The van der Waals surface area contributed by atoms with Gasteiger partial charge in [-0.3, -0.25) is 4.79 Å². The lowest BCUT2D eigenvalue weighted by molar-refractivity contribution is -0.113. The summed E-state index contributed by atoms with van der Waals surface area (Å²) in [6, 6.07) is 15.5. The second-order valence-electron chi connectivity index (χ2n) is 5.38. The van der Waals surface area contributed by atoms with Gasteiger partial charge in [0.2, 0.25) is 5.91 Å². The second kappa shape index (κ2) is 8.48. The van der Waals surface area contributed by atoms with E-state index in [4.69, 9.17) is 4.74 Å². The Hall–Kier alpha value is -2.87. The summed E-state index contributed by atoms with van der Waals surface area (Å²) in [6.45, 7) is 0.273. The van der Waals surface area contributed by atoms with E-state index >= 15 is 0 Å². The first-order chi connectivity index (χ1) is 12.6. The highest BCUT2D eigenvalue weighted by atomic mass is 32.2.